The van der Waals surface area contributed by atoms with Gasteiger partial charge >= 0.3 is 0 Å². The number of hydrogen-bond donors (Lipinski definition) is 1. The smallest absolute Gasteiger partial charge is 0.175 e. The first-order valence-corrected chi connectivity index (χ1v) is 11.0. The Balaban J connectivity index is 1.56. The first-order valence-electron chi connectivity index (χ1n) is 10.2. The molecule has 3 aromatic carbocycles. The molecular weight excluding hydrogens is 443 g/mol. The van der Waals surface area contributed by atoms with Crippen molar-refractivity contribution >= 4 is 34.7 Å². The van der Waals surface area contributed by atoms with Crippen LogP contribution in [0, 0.1) is 5.82 Å². The van der Waals surface area contributed by atoms with Gasteiger partial charge in [0.25, 0.3) is 0 Å². The van der Waals surface area contributed by atoms with Crippen molar-refractivity contribution in [2.24, 2.45) is 0 Å². The standard InChI is InChI=1S/C25H22ClFN4S/c26-23-15-24(31(29-23)18-21-13-7-8-14-22(21)27)28-25(32)30(16-19-9-3-1-4-10-19)17-20-11-5-2-6-12-20/h1-15H,16-18H2,(H,28,32). The summed E-state index contributed by atoms with van der Waals surface area (Å²) in [5.74, 6) is 0.316. The maximum Gasteiger partial charge on any atom is 0.175 e. The van der Waals surface area contributed by atoms with Crippen molar-refractivity contribution in [2.45, 2.75) is 19.6 Å². The largest absolute Gasteiger partial charge is 0.340 e. The normalized spacial score (nSPS) is 10.7. The Kier molecular flexibility index (Phi) is 7.14. The maximum absolute atomic E-state index is 14.2. The molecule has 1 N–H and O–H groups in total. The molecule has 0 aliphatic rings. The average molecular weight is 465 g/mol. The Hall–Kier alpha value is -3.22. The summed E-state index contributed by atoms with van der Waals surface area (Å²) in [6.07, 6.45) is 0. The van der Waals surface area contributed by atoms with Crippen molar-refractivity contribution in [1.29, 1.82) is 0 Å². The Labute approximate surface area is 197 Å². The fraction of sp³-hybridized carbons (Fsp3) is 0.120. The molecule has 1 heterocycles. The van der Waals surface area contributed by atoms with Gasteiger partial charge in [-0.05, 0) is 29.4 Å². The van der Waals surface area contributed by atoms with E-state index in [1.165, 1.54) is 6.07 Å². The van der Waals surface area contributed by atoms with Crippen LogP contribution < -0.4 is 5.32 Å². The molecular formula is C25H22ClFN4S. The van der Waals surface area contributed by atoms with Gasteiger partial charge in [-0.15, -0.1) is 0 Å². The van der Waals surface area contributed by atoms with Crippen LogP contribution in [0.3, 0.4) is 0 Å². The van der Waals surface area contributed by atoms with Crippen LogP contribution in [-0.4, -0.2) is 19.8 Å². The lowest BCUT2D eigenvalue weighted by atomic mass is 10.2. The summed E-state index contributed by atoms with van der Waals surface area (Å²) in [5.41, 5.74) is 2.81. The lowest BCUT2D eigenvalue weighted by Crippen LogP contribution is -2.34. The summed E-state index contributed by atoms with van der Waals surface area (Å²) < 4.78 is 15.8. The van der Waals surface area contributed by atoms with E-state index >= 15 is 0 Å². The van der Waals surface area contributed by atoms with Crippen molar-refractivity contribution < 1.29 is 4.39 Å². The Morgan fingerprint density at radius 2 is 1.47 bits per heavy atom. The number of aromatic nitrogens is 2. The van der Waals surface area contributed by atoms with Gasteiger partial charge in [0.2, 0.25) is 0 Å². The van der Waals surface area contributed by atoms with Gasteiger partial charge < -0.3 is 10.2 Å². The minimum absolute atomic E-state index is 0.238. The van der Waals surface area contributed by atoms with Gasteiger partial charge in [0.05, 0.1) is 6.54 Å². The Morgan fingerprint density at radius 1 is 0.906 bits per heavy atom. The van der Waals surface area contributed by atoms with E-state index in [9.17, 15) is 4.39 Å². The summed E-state index contributed by atoms with van der Waals surface area (Å²) >= 11 is 11.9. The molecule has 4 aromatic rings. The van der Waals surface area contributed by atoms with E-state index in [2.05, 4.69) is 39.6 Å². The van der Waals surface area contributed by atoms with Crippen LogP contribution in [0.5, 0.6) is 0 Å². The zero-order chi connectivity index (χ0) is 22.3. The maximum atomic E-state index is 14.2. The second-order valence-corrected chi connectivity index (χ2v) is 8.13. The number of anilines is 1. The molecule has 0 saturated carbocycles. The minimum Gasteiger partial charge on any atom is -0.340 e. The molecule has 0 radical (unpaired) electrons. The van der Waals surface area contributed by atoms with Crippen LogP contribution >= 0.6 is 23.8 Å². The van der Waals surface area contributed by atoms with Crippen LogP contribution in [-0.2, 0) is 19.6 Å². The van der Waals surface area contributed by atoms with Crippen LogP contribution in [0.4, 0.5) is 10.2 Å². The van der Waals surface area contributed by atoms with E-state index in [0.717, 1.165) is 11.1 Å². The molecule has 4 nitrogen and oxygen atoms in total. The molecule has 0 fully saturated rings. The van der Waals surface area contributed by atoms with Crippen molar-refractivity contribution in [1.82, 2.24) is 14.7 Å². The molecule has 162 valence electrons. The molecule has 0 aliphatic carbocycles. The average Bonchev–Trinajstić information content (AvgIpc) is 3.14. The lowest BCUT2D eigenvalue weighted by Gasteiger charge is -2.26. The molecule has 32 heavy (non-hydrogen) atoms. The van der Waals surface area contributed by atoms with Crippen LogP contribution in [0.2, 0.25) is 5.15 Å². The van der Waals surface area contributed by atoms with E-state index in [-0.39, 0.29) is 12.4 Å². The minimum atomic E-state index is -0.289. The third-order valence-corrected chi connectivity index (χ3v) is 5.53. The number of thiocarbonyl (C=S) groups is 1. The van der Waals surface area contributed by atoms with Gasteiger partial charge in [0.1, 0.15) is 11.6 Å². The first kappa shape index (κ1) is 22.0. The fourth-order valence-corrected chi connectivity index (χ4v) is 3.82. The van der Waals surface area contributed by atoms with Crippen LogP contribution in [0.15, 0.2) is 91.0 Å². The molecule has 0 saturated heterocycles. The van der Waals surface area contributed by atoms with Gasteiger partial charge in [-0.2, -0.15) is 5.10 Å². The third-order valence-electron chi connectivity index (χ3n) is 4.98. The van der Waals surface area contributed by atoms with Crippen molar-refractivity contribution in [2.75, 3.05) is 5.32 Å². The zero-order valence-electron chi connectivity index (χ0n) is 17.3. The van der Waals surface area contributed by atoms with E-state index in [1.54, 1.807) is 28.9 Å². The number of benzene rings is 3. The van der Waals surface area contributed by atoms with Crippen LogP contribution in [0.1, 0.15) is 16.7 Å². The molecule has 0 bridgehead atoms. The third kappa shape index (κ3) is 5.72. The van der Waals surface area contributed by atoms with Gasteiger partial charge in [-0.3, -0.25) is 0 Å². The lowest BCUT2D eigenvalue weighted by molar-refractivity contribution is 0.412. The van der Waals surface area contributed by atoms with E-state index < -0.39 is 0 Å². The molecule has 0 aliphatic heterocycles. The second kappa shape index (κ2) is 10.4. The Bertz CT molecular complexity index is 1140. The molecule has 4 rings (SSSR count). The van der Waals surface area contributed by atoms with Gasteiger partial charge in [0, 0.05) is 24.7 Å². The molecule has 1 aromatic heterocycles. The van der Waals surface area contributed by atoms with E-state index in [1.807, 2.05) is 36.4 Å². The number of halogens is 2. The fourth-order valence-electron chi connectivity index (χ4n) is 3.39. The summed E-state index contributed by atoms with van der Waals surface area (Å²) in [7, 11) is 0. The summed E-state index contributed by atoms with van der Waals surface area (Å²) in [4.78, 5) is 2.08. The van der Waals surface area contributed by atoms with Crippen molar-refractivity contribution in [3.63, 3.8) is 0 Å². The summed E-state index contributed by atoms with van der Waals surface area (Å²) in [6.45, 7) is 1.51. The van der Waals surface area contributed by atoms with Crippen molar-refractivity contribution in [3.05, 3.63) is 119 Å². The number of hydrogen-bond acceptors (Lipinski definition) is 2. The van der Waals surface area contributed by atoms with Crippen LogP contribution in [0.25, 0.3) is 0 Å². The number of nitrogens with zero attached hydrogens (tertiary/aromatic N) is 3. The summed E-state index contributed by atoms with van der Waals surface area (Å²) in [6, 6.07) is 28.6. The highest BCUT2D eigenvalue weighted by Crippen LogP contribution is 2.20. The highest BCUT2D eigenvalue weighted by Gasteiger charge is 2.16. The summed E-state index contributed by atoms with van der Waals surface area (Å²) in [5, 5.41) is 8.41. The van der Waals surface area contributed by atoms with Gasteiger partial charge in [-0.1, -0.05) is 90.5 Å². The van der Waals surface area contributed by atoms with Crippen molar-refractivity contribution in [3.8, 4) is 0 Å². The molecule has 0 unspecified atom stereocenters. The van der Waals surface area contributed by atoms with E-state index in [4.69, 9.17) is 23.8 Å². The highest BCUT2D eigenvalue weighted by molar-refractivity contribution is 7.80. The van der Waals surface area contributed by atoms with Gasteiger partial charge in [-0.25, -0.2) is 9.07 Å². The molecule has 0 spiro atoms. The first-order chi connectivity index (χ1) is 15.6. The molecule has 0 amide bonds. The molecule has 7 heteroatoms. The Morgan fingerprint density at radius 3 is 2.06 bits per heavy atom. The predicted molar refractivity (Wildman–Crippen MR) is 131 cm³/mol. The number of nitrogens with one attached hydrogen (secondary N) is 1. The van der Waals surface area contributed by atoms with Gasteiger partial charge in [0.15, 0.2) is 10.3 Å². The van der Waals surface area contributed by atoms with E-state index in [0.29, 0.717) is 34.7 Å². The highest BCUT2D eigenvalue weighted by atomic mass is 35.5. The number of rotatable bonds is 7. The molecule has 0 atom stereocenters. The topological polar surface area (TPSA) is 33.1 Å². The second-order valence-electron chi connectivity index (χ2n) is 7.36. The predicted octanol–water partition coefficient (Wildman–Crippen LogP) is 6.12. The monoisotopic (exact) mass is 464 g/mol. The zero-order valence-corrected chi connectivity index (χ0v) is 18.9. The quantitative estimate of drug-likeness (QED) is 0.334. The SMILES string of the molecule is Fc1ccccc1Cn1nc(Cl)cc1NC(=S)N(Cc1ccccc1)Cc1ccccc1.